The van der Waals surface area contributed by atoms with E-state index in [1.54, 1.807) is 0 Å². The Morgan fingerprint density at radius 2 is 2.07 bits per heavy atom. The van der Waals surface area contributed by atoms with Gasteiger partial charge in [0.15, 0.2) is 4.34 Å². The summed E-state index contributed by atoms with van der Waals surface area (Å²) in [6.45, 7) is 7.19. The fraction of sp³-hybridized carbons (Fsp3) is 0.524. The number of amides is 1. The third-order valence-electron chi connectivity index (χ3n) is 5.25. The Morgan fingerprint density at radius 1 is 1.28 bits per heavy atom. The number of benzene rings is 1. The van der Waals surface area contributed by atoms with E-state index in [4.69, 9.17) is 4.74 Å². The van der Waals surface area contributed by atoms with Crippen LogP contribution in [-0.4, -0.2) is 52.4 Å². The Labute approximate surface area is 180 Å². The number of carbonyl (C=O) groups is 2. The first-order valence-corrected chi connectivity index (χ1v) is 11.7. The second-order valence-corrected chi connectivity index (χ2v) is 9.80. The minimum atomic E-state index is -0.694. The fourth-order valence-electron chi connectivity index (χ4n) is 3.74. The largest absolute Gasteiger partial charge is 0.466 e. The zero-order valence-corrected chi connectivity index (χ0v) is 18.8. The van der Waals surface area contributed by atoms with Crippen LogP contribution in [0.2, 0.25) is 0 Å². The summed E-state index contributed by atoms with van der Waals surface area (Å²) < 4.78 is 6.25. The molecule has 0 saturated carbocycles. The van der Waals surface area contributed by atoms with E-state index in [0.717, 1.165) is 33.3 Å². The molecule has 1 aromatic carbocycles. The van der Waals surface area contributed by atoms with Crippen LogP contribution < -0.4 is 0 Å². The summed E-state index contributed by atoms with van der Waals surface area (Å²) in [7, 11) is 0. The van der Waals surface area contributed by atoms with E-state index in [1.165, 1.54) is 23.1 Å². The number of ether oxygens (including phenoxy) is 1. The topological polar surface area (TPSA) is 72.4 Å². The molecule has 0 unspecified atom stereocenters. The number of aryl methyl sites for hydroxylation is 2. The quantitative estimate of drug-likeness (QED) is 0.490. The van der Waals surface area contributed by atoms with E-state index < -0.39 is 5.41 Å². The maximum atomic E-state index is 13.0. The van der Waals surface area contributed by atoms with E-state index in [0.29, 0.717) is 31.9 Å². The van der Waals surface area contributed by atoms with Crippen LogP contribution in [-0.2, 0) is 20.7 Å². The van der Waals surface area contributed by atoms with Crippen LogP contribution in [0.4, 0.5) is 0 Å². The summed E-state index contributed by atoms with van der Waals surface area (Å²) in [6, 6.07) is 8.11. The van der Waals surface area contributed by atoms with Gasteiger partial charge in [0, 0.05) is 13.1 Å². The van der Waals surface area contributed by atoms with Crippen LogP contribution in [0, 0.1) is 19.3 Å². The molecule has 0 radical (unpaired) electrons. The smallest absolute Gasteiger partial charge is 0.314 e. The summed E-state index contributed by atoms with van der Waals surface area (Å²) in [5.41, 5.74) is 1.59. The molecule has 1 fully saturated rings. The van der Waals surface area contributed by atoms with Gasteiger partial charge in [-0.3, -0.25) is 9.59 Å². The first kappa shape index (κ1) is 21.8. The first-order chi connectivity index (χ1) is 13.9. The van der Waals surface area contributed by atoms with E-state index in [9.17, 15) is 9.59 Å². The molecule has 0 aliphatic carbocycles. The molecule has 0 N–H and O–H groups in total. The number of hydrogen-bond acceptors (Lipinski definition) is 7. The van der Waals surface area contributed by atoms with E-state index in [1.807, 2.05) is 30.9 Å². The second-order valence-electron chi connectivity index (χ2n) is 7.40. The van der Waals surface area contributed by atoms with E-state index in [2.05, 4.69) is 29.3 Å². The standard InChI is InChI=1S/C21H27N3O3S2/c1-4-27-19(26)21(12-17-9-6-5-8-15(17)2)10-7-11-24(14-21)18(25)13-28-20-23-22-16(3)29-20/h5-6,8-9H,4,7,10-14H2,1-3H3/t21-/m1/s1. The van der Waals surface area contributed by atoms with Gasteiger partial charge in [-0.2, -0.15) is 0 Å². The monoisotopic (exact) mass is 433 g/mol. The van der Waals surface area contributed by atoms with Gasteiger partial charge in [-0.05, 0) is 51.2 Å². The zero-order valence-electron chi connectivity index (χ0n) is 17.1. The second kappa shape index (κ2) is 9.71. The third-order valence-corrected chi connectivity index (χ3v) is 7.21. The van der Waals surface area contributed by atoms with Crippen LogP contribution in [0.5, 0.6) is 0 Å². The zero-order chi connectivity index (χ0) is 20.9. The molecular formula is C21H27N3O3S2. The lowest BCUT2D eigenvalue weighted by molar-refractivity contribution is -0.160. The van der Waals surface area contributed by atoms with Gasteiger partial charge in [0.1, 0.15) is 5.01 Å². The van der Waals surface area contributed by atoms with Crippen molar-refractivity contribution in [2.75, 3.05) is 25.4 Å². The molecule has 1 amide bonds. The number of likely N-dealkylation sites (tertiary alicyclic amines) is 1. The van der Waals surface area contributed by atoms with Crippen molar-refractivity contribution in [1.82, 2.24) is 15.1 Å². The number of piperidine rings is 1. The predicted octanol–water partition coefficient (Wildman–Crippen LogP) is 3.66. The summed E-state index contributed by atoms with van der Waals surface area (Å²) in [6.07, 6.45) is 2.11. The molecule has 156 valence electrons. The summed E-state index contributed by atoms with van der Waals surface area (Å²) in [4.78, 5) is 27.7. The minimum Gasteiger partial charge on any atom is -0.466 e. The van der Waals surface area contributed by atoms with Crippen molar-refractivity contribution in [2.45, 2.75) is 44.4 Å². The number of aromatic nitrogens is 2. The number of thioether (sulfide) groups is 1. The molecule has 1 aromatic heterocycles. The lowest BCUT2D eigenvalue weighted by Crippen LogP contribution is -2.52. The summed E-state index contributed by atoms with van der Waals surface area (Å²) in [5, 5.41) is 8.94. The molecule has 8 heteroatoms. The molecule has 29 heavy (non-hydrogen) atoms. The summed E-state index contributed by atoms with van der Waals surface area (Å²) >= 11 is 2.89. The Bertz CT molecular complexity index is 870. The van der Waals surface area contributed by atoms with Crippen molar-refractivity contribution in [2.24, 2.45) is 5.41 Å². The van der Waals surface area contributed by atoms with Gasteiger partial charge in [0.2, 0.25) is 5.91 Å². The molecule has 2 heterocycles. The van der Waals surface area contributed by atoms with Gasteiger partial charge in [-0.25, -0.2) is 0 Å². The number of nitrogens with zero attached hydrogens (tertiary/aromatic N) is 3. The predicted molar refractivity (Wildman–Crippen MR) is 115 cm³/mol. The normalized spacial score (nSPS) is 19.2. The van der Waals surface area contributed by atoms with Crippen molar-refractivity contribution in [1.29, 1.82) is 0 Å². The Morgan fingerprint density at radius 3 is 2.76 bits per heavy atom. The molecule has 3 rings (SSSR count). The molecule has 1 aliphatic rings. The van der Waals surface area contributed by atoms with E-state index >= 15 is 0 Å². The lowest BCUT2D eigenvalue weighted by Gasteiger charge is -2.41. The SMILES string of the molecule is CCOC(=O)[C@@]1(Cc2ccccc2C)CCCN(C(=O)CSc2nnc(C)s2)C1. The maximum absolute atomic E-state index is 13.0. The van der Waals surface area contributed by atoms with E-state index in [-0.39, 0.29) is 11.9 Å². The van der Waals surface area contributed by atoms with Crippen LogP contribution in [0.15, 0.2) is 28.6 Å². The van der Waals surface area contributed by atoms with Crippen LogP contribution in [0.25, 0.3) is 0 Å². The number of esters is 1. The molecule has 0 bridgehead atoms. The molecule has 0 spiro atoms. The molecule has 6 nitrogen and oxygen atoms in total. The highest BCUT2D eigenvalue weighted by atomic mass is 32.2. The average molecular weight is 434 g/mol. The van der Waals surface area contributed by atoms with Gasteiger partial charge in [0.25, 0.3) is 0 Å². The Hall–Kier alpha value is -1.93. The van der Waals surface area contributed by atoms with Crippen molar-refractivity contribution in [3.05, 3.63) is 40.4 Å². The molecule has 2 aromatic rings. The van der Waals surface area contributed by atoms with Crippen molar-refractivity contribution in [3.63, 3.8) is 0 Å². The van der Waals surface area contributed by atoms with Gasteiger partial charge >= 0.3 is 5.97 Å². The molecular weight excluding hydrogens is 406 g/mol. The maximum Gasteiger partial charge on any atom is 0.314 e. The highest BCUT2D eigenvalue weighted by Crippen LogP contribution is 2.36. The Kier molecular flexibility index (Phi) is 7.29. The third kappa shape index (κ3) is 5.36. The molecule has 1 aliphatic heterocycles. The molecule has 1 saturated heterocycles. The van der Waals surface area contributed by atoms with Crippen molar-refractivity contribution >= 4 is 35.0 Å². The highest BCUT2D eigenvalue weighted by molar-refractivity contribution is 8.01. The van der Waals surface area contributed by atoms with Crippen molar-refractivity contribution in [3.8, 4) is 0 Å². The fourth-order valence-corrected chi connectivity index (χ4v) is 5.45. The Balaban J connectivity index is 1.74. The number of hydrogen-bond donors (Lipinski definition) is 0. The molecule has 1 atom stereocenters. The number of carbonyl (C=O) groups excluding carboxylic acids is 2. The van der Waals surface area contributed by atoms with Crippen LogP contribution >= 0.6 is 23.1 Å². The van der Waals surface area contributed by atoms with Crippen molar-refractivity contribution < 1.29 is 14.3 Å². The average Bonchev–Trinajstić information content (AvgIpc) is 3.13. The van der Waals surface area contributed by atoms with Gasteiger partial charge in [0.05, 0.1) is 17.8 Å². The van der Waals surface area contributed by atoms with Gasteiger partial charge in [-0.1, -0.05) is 47.4 Å². The van der Waals surface area contributed by atoms with Crippen LogP contribution in [0.3, 0.4) is 0 Å². The number of rotatable bonds is 7. The van der Waals surface area contributed by atoms with Gasteiger partial charge in [-0.15, -0.1) is 10.2 Å². The minimum absolute atomic E-state index is 0.0287. The lowest BCUT2D eigenvalue weighted by atomic mass is 9.74. The highest BCUT2D eigenvalue weighted by Gasteiger charge is 2.45. The first-order valence-electron chi connectivity index (χ1n) is 9.86. The summed E-state index contributed by atoms with van der Waals surface area (Å²) in [5.74, 6) is 0.131. The van der Waals surface area contributed by atoms with Crippen LogP contribution in [0.1, 0.15) is 35.9 Å². The van der Waals surface area contributed by atoms with Gasteiger partial charge < -0.3 is 9.64 Å².